The van der Waals surface area contributed by atoms with Gasteiger partial charge in [0.15, 0.2) is 0 Å². The summed E-state index contributed by atoms with van der Waals surface area (Å²) in [6.07, 6.45) is 4.33. The zero-order valence-corrected chi connectivity index (χ0v) is 20.6. The van der Waals surface area contributed by atoms with E-state index < -0.39 is 11.6 Å². The van der Waals surface area contributed by atoms with Crippen LogP contribution in [0.5, 0.6) is 0 Å². The molecular formula is C25H36N4O5. The quantitative estimate of drug-likeness (QED) is 0.464. The molecule has 2 heterocycles. The minimum absolute atomic E-state index is 0.0804. The normalized spacial score (nSPS) is 15.3. The van der Waals surface area contributed by atoms with E-state index in [1.54, 1.807) is 22.8 Å². The van der Waals surface area contributed by atoms with Crippen molar-refractivity contribution in [2.24, 2.45) is 0 Å². The van der Waals surface area contributed by atoms with Crippen LogP contribution >= 0.6 is 0 Å². The van der Waals surface area contributed by atoms with Gasteiger partial charge in [-0.15, -0.1) is 0 Å². The molecule has 9 nitrogen and oxygen atoms in total. The van der Waals surface area contributed by atoms with E-state index in [2.05, 4.69) is 15.2 Å². The largest absolute Gasteiger partial charge is 0.462 e. The molecule has 3 rings (SSSR count). The fourth-order valence-electron chi connectivity index (χ4n) is 3.93. The number of hydrogen-bond donors (Lipinski definition) is 1. The molecule has 1 aliphatic heterocycles. The maximum absolute atomic E-state index is 12.6. The highest BCUT2D eigenvalue weighted by Crippen LogP contribution is 2.16. The van der Waals surface area contributed by atoms with Gasteiger partial charge in [0.2, 0.25) is 0 Å². The van der Waals surface area contributed by atoms with Crippen molar-refractivity contribution >= 4 is 23.1 Å². The predicted molar refractivity (Wildman–Crippen MR) is 130 cm³/mol. The number of carbonyl (C=O) groups is 2. The molecule has 1 aliphatic rings. The topological polar surface area (TPSA) is 103 Å². The summed E-state index contributed by atoms with van der Waals surface area (Å²) in [5.74, 6) is -0.391. The van der Waals surface area contributed by atoms with Gasteiger partial charge in [0.25, 0.3) is 5.56 Å². The molecule has 186 valence electrons. The van der Waals surface area contributed by atoms with Gasteiger partial charge in [-0.3, -0.25) is 4.79 Å². The Morgan fingerprint density at radius 3 is 2.59 bits per heavy atom. The van der Waals surface area contributed by atoms with Gasteiger partial charge in [-0.25, -0.2) is 14.6 Å². The van der Waals surface area contributed by atoms with Crippen molar-refractivity contribution in [2.75, 3.05) is 26.2 Å². The maximum atomic E-state index is 12.6. The summed E-state index contributed by atoms with van der Waals surface area (Å²) >= 11 is 0. The summed E-state index contributed by atoms with van der Waals surface area (Å²) in [4.78, 5) is 43.5. The lowest BCUT2D eigenvalue weighted by atomic mass is 10.1. The monoisotopic (exact) mass is 472 g/mol. The van der Waals surface area contributed by atoms with Crippen LogP contribution in [-0.4, -0.2) is 64.4 Å². The van der Waals surface area contributed by atoms with Crippen LogP contribution in [0.1, 0.15) is 63.7 Å². The Bertz CT molecular complexity index is 1050. The number of benzene rings is 1. The van der Waals surface area contributed by atoms with E-state index in [0.717, 1.165) is 38.8 Å². The molecule has 34 heavy (non-hydrogen) atoms. The van der Waals surface area contributed by atoms with E-state index in [1.807, 2.05) is 27.7 Å². The molecule has 2 aromatic rings. The Labute approximate surface area is 200 Å². The Balaban J connectivity index is 1.60. The van der Waals surface area contributed by atoms with Gasteiger partial charge in [-0.1, -0.05) is 13.3 Å². The second kappa shape index (κ2) is 11.5. The number of piperidine rings is 1. The highest BCUT2D eigenvalue weighted by Gasteiger charge is 2.23. The molecule has 9 heteroatoms. The van der Waals surface area contributed by atoms with Crippen LogP contribution in [-0.2, 0) is 16.0 Å². The maximum Gasteiger partial charge on any atom is 0.407 e. The van der Waals surface area contributed by atoms with Crippen LogP contribution in [0.25, 0.3) is 11.0 Å². The van der Waals surface area contributed by atoms with Gasteiger partial charge in [0.05, 0.1) is 29.4 Å². The van der Waals surface area contributed by atoms with E-state index in [-0.39, 0.29) is 17.7 Å². The lowest BCUT2D eigenvalue weighted by Crippen LogP contribution is -2.46. The Morgan fingerprint density at radius 1 is 1.18 bits per heavy atom. The van der Waals surface area contributed by atoms with Gasteiger partial charge < -0.3 is 24.3 Å². The lowest BCUT2D eigenvalue weighted by molar-refractivity contribution is 0.0474. The molecule has 1 aromatic carbocycles. The fourth-order valence-corrected chi connectivity index (χ4v) is 3.93. The molecule has 1 N–H and O–H groups in total. The number of likely N-dealkylation sites (tertiary alicyclic amines) is 1. The third kappa shape index (κ3) is 7.28. The van der Waals surface area contributed by atoms with Gasteiger partial charge in [-0.05, 0) is 58.2 Å². The van der Waals surface area contributed by atoms with Crippen molar-refractivity contribution in [1.29, 1.82) is 0 Å². The average Bonchev–Trinajstić information content (AvgIpc) is 2.78. The average molecular weight is 473 g/mol. The standard InChI is InChI=1S/C25H36N4O5/c1-5-6-15-33-23(31)18-7-8-20-21(16-18)29(22(30)17-26-20)14-13-28-11-9-19(10-12-28)27-24(32)34-25(2,3)4/h7-8,16-17,19H,5-6,9-15H2,1-4H3,(H,27,32). The SMILES string of the molecule is CCCCOC(=O)c1ccc2ncc(=O)n(CCN3CCC(NC(=O)OC(C)(C)C)CC3)c2c1. The number of alkyl carbamates (subject to hydrolysis) is 1. The number of rotatable bonds is 8. The summed E-state index contributed by atoms with van der Waals surface area (Å²) in [6.45, 7) is 10.7. The number of nitrogens with zero attached hydrogens (tertiary/aromatic N) is 3. The molecular weight excluding hydrogens is 436 g/mol. The number of fused-ring (bicyclic) bond motifs is 1. The van der Waals surface area contributed by atoms with Crippen molar-refractivity contribution < 1.29 is 19.1 Å². The third-order valence-corrected chi connectivity index (χ3v) is 5.76. The van der Waals surface area contributed by atoms with Gasteiger partial charge >= 0.3 is 12.1 Å². The van der Waals surface area contributed by atoms with Crippen LogP contribution in [0.15, 0.2) is 29.2 Å². The van der Waals surface area contributed by atoms with Crippen LogP contribution in [0.3, 0.4) is 0 Å². The Hall–Kier alpha value is -2.94. The van der Waals surface area contributed by atoms with Crippen molar-refractivity contribution in [1.82, 2.24) is 19.8 Å². The van der Waals surface area contributed by atoms with Gasteiger partial charge in [0, 0.05) is 32.2 Å². The Kier molecular flexibility index (Phi) is 8.66. The number of nitrogens with one attached hydrogen (secondary N) is 1. The molecule has 1 amide bonds. The minimum Gasteiger partial charge on any atom is -0.462 e. The zero-order chi connectivity index (χ0) is 24.7. The number of ether oxygens (including phenoxy) is 2. The number of esters is 1. The van der Waals surface area contributed by atoms with Gasteiger partial charge in [-0.2, -0.15) is 0 Å². The summed E-state index contributed by atoms with van der Waals surface area (Å²) < 4.78 is 12.3. The minimum atomic E-state index is -0.516. The fraction of sp³-hybridized carbons (Fsp3) is 0.600. The van der Waals surface area contributed by atoms with E-state index in [4.69, 9.17) is 9.47 Å². The molecule has 1 aromatic heterocycles. The highest BCUT2D eigenvalue weighted by molar-refractivity contribution is 5.93. The number of amides is 1. The van der Waals surface area contributed by atoms with Crippen LogP contribution in [0.2, 0.25) is 0 Å². The molecule has 0 bridgehead atoms. The summed E-state index contributed by atoms with van der Waals surface area (Å²) in [5, 5.41) is 2.94. The third-order valence-electron chi connectivity index (χ3n) is 5.76. The highest BCUT2D eigenvalue weighted by atomic mass is 16.6. The van der Waals surface area contributed by atoms with Crippen molar-refractivity contribution in [3.63, 3.8) is 0 Å². The number of carbonyl (C=O) groups excluding carboxylic acids is 2. The van der Waals surface area contributed by atoms with E-state index in [0.29, 0.717) is 36.3 Å². The molecule has 0 spiro atoms. The molecule has 0 unspecified atom stereocenters. The van der Waals surface area contributed by atoms with Crippen molar-refractivity contribution in [3.05, 3.63) is 40.3 Å². The summed E-state index contributed by atoms with van der Waals surface area (Å²) in [7, 11) is 0. The van der Waals surface area contributed by atoms with E-state index >= 15 is 0 Å². The first-order valence-corrected chi connectivity index (χ1v) is 12.0. The number of hydrogen-bond acceptors (Lipinski definition) is 7. The lowest BCUT2D eigenvalue weighted by Gasteiger charge is -2.33. The molecule has 0 saturated carbocycles. The van der Waals surface area contributed by atoms with E-state index in [1.165, 1.54) is 6.20 Å². The van der Waals surface area contributed by atoms with Crippen LogP contribution in [0, 0.1) is 0 Å². The number of unbranched alkanes of at least 4 members (excludes halogenated alkanes) is 1. The molecule has 1 fully saturated rings. The first-order valence-electron chi connectivity index (χ1n) is 12.0. The second-order valence-electron chi connectivity index (χ2n) is 9.70. The second-order valence-corrected chi connectivity index (χ2v) is 9.70. The summed E-state index contributed by atoms with van der Waals surface area (Å²) in [6, 6.07) is 5.20. The molecule has 0 atom stereocenters. The van der Waals surface area contributed by atoms with Crippen LogP contribution in [0.4, 0.5) is 4.79 Å². The number of aromatic nitrogens is 2. The van der Waals surface area contributed by atoms with Crippen molar-refractivity contribution in [2.45, 2.75) is 71.6 Å². The van der Waals surface area contributed by atoms with Gasteiger partial charge in [0.1, 0.15) is 5.60 Å². The predicted octanol–water partition coefficient (Wildman–Crippen LogP) is 3.34. The smallest absolute Gasteiger partial charge is 0.407 e. The molecule has 0 aliphatic carbocycles. The first-order chi connectivity index (χ1) is 16.2. The molecule has 1 saturated heterocycles. The van der Waals surface area contributed by atoms with E-state index in [9.17, 15) is 14.4 Å². The molecule has 0 radical (unpaired) electrons. The van der Waals surface area contributed by atoms with Crippen molar-refractivity contribution in [3.8, 4) is 0 Å². The van der Waals surface area contributed by atoms with Crippen LogP contribution < -0.4 is 10.9 Å². The Morgan fingerprint density at radius 2 is 1.91 bits per heavy atom. The first kappa shape index (κ1) is 25.7. The zero-order valence-electron chi connectivity index (χ0n) is 20.6. The summed E-state index contributed by atoms with van der Waals surface area (Å²) in [5.41, 5.74) is 0.977.